The highest BCUT2D eigenvalue weighted by Gasteiger charge is 2.15. The first-order chi connectivity index (χ1) is 12.5. The van der Waals surface area contributed by atoms with Gasteiger partial charge in [-0.25, -0.2) is 5.10 Å². The number of methoxy groups -OCH3 is 2. The normalized spacial score (nSPS) is 11.3. The van der Waals surface area contributed by atoms with Crippen LogP contribution in [0.3, 0.4) is 0 Å². The SMILES string of the molecule is COc1ccc(-c2n[nH]c(=S)n2/N=C\c2c(C)nn(C)c2C)c(OC)c1. The highest BCUT2D eigenvalue weighted by Crippen LogP contribution is 2.32. The van der Waals surface area contributed by atoms with Crippen LogP contribution >= 0.6 is 12.2 Å². The summed E-state index contributed by atoms with van der Waals surface area (Å²) in [6.07, 6.45) is 1.74. The van der Waals surface area contributed by atoms with Crippen LogP contribution in [0.2, 0.25) is 0 Å². The molecule has 8 nitrogen and oxygen atoms in total. The predicted molar refractivity (Wildman–Crippen MR) is 102 cm³/mol. The van der Waals surface area contributed by atoms with Crippen molar-refractivity contribution in [1.82, 2.24) is 24.7 Å². The smallest absolute Gasteiger partial charge is 0.216 e. The second-order valence-corrected chi connectivity index (χ2v) is 6.07. The van der Waals surface area contributed by atoms with Crippen LogP contribution in [0, 0.1) is 18.6 Å². The van der Waals surface area contributed by atoms with Gasteiger partial charge in [-0.3, -0.25) is 4.68 Å². The lowest BCUT2D eigenvalue weighted by atomic mass is 10.2. The second-order valence-electron chi connectivity index (χ2n) is 5.68. The molecule has 0 fully saturated rings. The fourth-order valence-corrected chi connectivity index (χ4v) is 2.83. The van der Waals surface area contributed by atoms with E-state index in [-0.39, 0.29) is 0 Å². The zero-order valence-corrected chi connectivity index (χ0v) is 16.1. The van der Waals surface area contributed by atoms with Gasteiger partial charge in [0.05, 0.1) is 31.7 Å². The van der Waals surface area contributed by atoms with Gasteiger partial charge in [0, 0.05) is 24.4 Å². The van der Waals surface area contributed by atoms with E-state index in [4.69, 9.17) is 21.7 Å². The van der Waals surface area contributed by atoms with Crippen molar-refractivity contribution in [3.05, 3.63) is 39.9 Å². The zero-order chi connectivity index (χ0) is 18.8. The Bertz CT molecular complexity index is 1030. The molecule has 0 amide bonds. The van der Waals surface area contributed by atoms with E-state index in [9.17, 15) is 0 Å². The molecule has 1 N–H and O–H groups in total. The molecule has 0 radical (unpaired) electrons. The Morgan fingerprint density at radius 2 is 2.00 bits per heavy atom. The summed E-state index contributed by atoms with van der Waals surface area (Å²) in [5.74, 6) is 1.85. The van der Waals surface area contributed by atoms with Crippen molar-refractivity contribution in [3.63, 3.8) is 0 Å². The second kappa shape index (κ2) is 7.12. The van der Waals surface area contributed by atoms with E-state index >= 15 is 0 Å². The third kappa shape index (κ3) is 3.13. The van der Waals surface area contributed by atoms with Crippen LogP contribution in [0.5, 0.6) is 11.5 Å². The van der Waals surface area contributed by atoms with Gasteiger partial charge in [-0.1, -0.05) is 0 Å². The summed E-state index contributed by atoms with van der Waals surface area (Å²) in [5.41, 5.74) is 3.61. The number of H-pyrrole nitrogens is 1. The van der Waals surface area contributed by atoms with E-state index in [0.29, 0.717) is 22.1 Å². The molecule has 0 saturated carbocycles. The molecule has 2 aromatic heterocycles. The molecule has 1 aromatic carbocycles. The quantitative estimate of drug-likeness (QED) is 0.550. The van der Waals surface area contributed by atoms with E-state index < -0.39 is 0 Å². The first-order valence-corrected chi connectivity index (χ1v) is 8.31. The minimum Gasteiger partial charge on any atom is -0.497 e. The van der Waals surface area contributed by atoms with Crippen molar-refractivity contribution < 1.29 is 9.47 Å². The van der Waals surface area contributed by atoms with Gasteiger partial charge in [0.25, 0.3) is 0 Å². The van der Waals surface area contributed by atoms with Crippen molar-refractivity contribution in [3.8, 4) is 22.9 Å². The molecule has 0 aliphatic heterocycles. The fraction of sp³-hybridized carbons (Fsp3) is 0.294. The molecule has 0 aliphatic carbocycles. The van der Waals surface area contributed by atoms with Crippen LogP contribution < -0.4 is 9.47 Å². The average molecular weight is 372 g/mol. The van der Waals surface area contributed by atoms with Crippen LogP contribution in [0.15, 0.2) is 23.3 Å². The molecule has 136 valence electrons. The molecule has 0 aliphatic rings. The highest BCUT2D eigenvalue weighted by molar-refractivity contribution is 7.71. The summed E-state index contributed by atoms with van der Waals surface area (Å²) < 4.78 is 14.5. The number of nitrogens with zero attached hydrogens (tertiary/aromatic N) is 5. The van der Waals surface area contributed by atoms with E-state index in [1.165, 1.54) is 0 Å². The first-order valence-electron chi connectivity index (χ1n) is 7.90. The van der Waals surface area contributed by atoms with Gasteiger partial charge in [-0.15, -0.1) is 0 Å². The molecule has 3 rings (SSSR count). The molecule has 0 spiro atoms. The number of nitrogens with one attached hydrogen (secondary N) is 1. The maximum absolute atomic E-state index is 5.46. The monoisotopic (exact) mass is 372 g/mol. The summed E-state index contributed by atoms with van der Waals surface area (Å²) in [4.78, 5) is 0. The van der Waals surface area contributed by atoms with Gasteiger partial charge in [0.15, 0.2) is 5.82 Å². The Morgan fingerprint density at radius 3 is 2.62 bits per heavy atom. The molecular formula is C17H20N6O2S. The van der Waals surface area contributed by atoms with Crippen molar-refractivity contribution in [2.24, 2.45) is 12.1 Å². The number of hydrogen-bond acceptors (Lipinski definition) is 6. The average Bonchev–Trinajstić information content (AvgIpc) is 3.12. The van der Waals surface area contributed by atoms with Gasteiger partial charge in [0.1, 0.15) is 11.5 Å². The zero-order valence-electron chi connectivity index (χ0n) is 15.3. The number of aryl methyl sites for hydroxylation is 2. The minimum atomic E-state index is 0.383. The lowest BCUT2D eigenvalue weighted by Gasteiger charge is -2.09. The first kappa shape index (κ1) is 17.9. The molecule has 0 saturated heterocycles. The van der Waals surface area contributed by atoms with E-state index in [0.717, 1.165) is 22.5 Å². The standard InChI is InChI=1S/C17H20N6O2S/c1-10-14(11(2)22(3)21-10)9-18-23-16(19-20-17(23)26)13-7-6-12(24-4)8-15(13)25-5/h6-9H,1-5H3,(H,20,26)/b18-9-. The number of benzene rings is 1. The number of ether oxygens (including phenoxy) is 2. The Balaban J connectivity index is 2.08. The van der Waals surface area contributed by atoms with Crippen LogP contribution in [0.4, 0.5) is 0 Å². The molecule has 3 aromatic rings. The fourth-order valence-electron chi connectivity index (χ4n) is 2.65. The lowest BCUT2D eigenvalue weighted by molar-refractivity contribution is 0.395. The van der Waals surface area contributed by atoms with Crippen molar-refractivity contribution in [2.75, 3.05) is 14.2 Å². The number of hydrogen-bond donors (Lipinski definition) is 1. The Kier molecular flexibility index (Phi) is 4.90. The van der Waals surface area contributed by atoms with Crippen molar-refractivity contribution >= 4 is 18.4 Å². The van der Waals surface area contributed by atoms with Gasteiger partial charge >= 0.3 is 0 Å². The van der Waals surface area contributed by atoms with E-state index in [1.807, 2.05) is 37.7 Å². The maximum atomic E-state index is 5.46. The Morgan fingerprint density at radius 1 is 1.23 bits per heavy atom. The largest absolute Gasteiger partial charge is 0.497 e. The minimum absolute atomic E-state index is 0.383. The van der Waals surface area contributed by atoms with Crippen LogP contribution in [-0.2, 0) is 7.05 Å². The number of aromatic amines is 1. The summed E-state index contributed by atoms with van der Waals surface area (Å²) in [7, 11) is 5.10. The topological polar surface area (TPSA) is 82.3 Å². The van der Waals surface area contributed by atoms with Gasteiger partial charge in [-0.2, -0.15) is 20.0 Å². The van der Waals surface area contributed by atoms with Crippen LogP contribution in [-0.4, -0.2) is 45.1 Å². The molecule has 26 heavy (non-hydrogen) atoms. The molecular weight excluding hydrogens is 352 g/mol. The maximum Gasteiger partial charge on any atom is 0.216 e. The van der Waals surface area contributed by atoms with E-state index in [2.05, 4.69) is 20.4 Å². The van der Waals surface area contributed by atoms with E-state index in [1.54, 1.807) is 31.2 Å². The summed E-state index contributed by atoms with van der Waals surface area (Å²) in [5, 5.41) is 16.0. The van der Waals surface area contributed by atoms with Crippen molar-refractivity contribution in [2.45, 2.75) is 13.8 Å². The lowest BCUT2D eigenvalue weighted by Crippen LogP contribution is -1.99. The van der Waals surface area contributed by atoms with Crippen molar-refractivity contribution in [1.29, 1.82) is 0 Å². The van der Waals surface area contributed by atoms with Crippen LogP contribution in [0.1, 0.15) is 17.0 Å². The molecule has 9 heteroatoms. The molecule has 0 unspecified atom stereocenters. The molecule has 0 atom stereocenters. The predicted octanol–water partition coefficient (Wildman–Crippen LogP) is 2.86. The number of aromatic nitrogens is 5. The summed E-state index contributed by atoms with van der Waals surface area (Å²) in [6.45, 7) is 3.93. The number of rotatable bonds is 5. The Labute approximate surface area is 156 Å². The summed E-state index contributed by atoms with van der Waals surface area (Å²) >= 11 is 5.33. The van der Waals surface area contributed by atoms with Gasteiger partial charge in [-0.05, 0) is 38.2 Å². The third-order valence-electron chi connectivity index (χ3n) is 4.17. The van der Waals surface area contributed by atoms with Gasteiger partial charge in [0.2, 0.25) is 4.77 Å². The van der Waals surface area contributed by atoms with Crippen LogP contribution in [0.25, 0.3) is 11.4 Å². The Hall–Kier alpha value is -2.94. The molecule has 0 bridgehead atoms. The summed E-state index contributed by atoms with van der Waals surface area (Å²) in [6, 6.07) is 5.48. The van der Waals surface area contributed by atoms with Gasteiger partial charge < -0.3 is 9.47 Å². The highest BCUT2D eigenvalue weighted by atomic mass is 32.1. The third-order valence-corrected chi connectivity index (χ3v) is 4.43. The molecule has 2 heterocycles.